The summed E-state index contributed by atoms with van der Waals surface area (Å²) in [5, 5.41) is -1.48. The average Bonchev–Trinajstić information content (AvgIpc) is 2.92. The van der Waals surface area contributed by atoms with Crippen molar-refractivity contribution >= 4 is 26.0 Å². The first-order valence-electron chi connectivity index (χ1n) is 11.2. The van der Waals surface area contributed by atoms with Crippen molar-refractivity contribution in [2.24, 2.45) is 0 Å². The van der Waals surface area contributed by atoms with Crippen molar-refractivity contribution in [2.45, 2.75) is 31.4 Å². The number of sulfonamides is 1. The first kappa shape index (κ1) is 28.6. The van der Waals surface area contributed by atoms with Gasteiger partial charge in [-0.1, -0.05) is 12.1 Å². The Hall–Kier alpha value is -2.96. The topological polar surface area (TPSA) is 100 Å². The van der Waals surface area contributed by atoms with Crippen LogP contribution in [0.25, 0.3) is 0 Å². The minimum absolute atomic E-state index is 0.0943. The molecule has 0 spiro atoms. The van der Waals surface area contributed by atoms with Crippen molar-refractivity contribution in [2.75, 3.05) is 28.4 Å². The third-order valence-electron chi connectivity index (χ3n) is 5.81. The summed E-state index contributed by atoms with van der Waals surface area (Å²) in [6.07, 6.45) is 0.781. The van der Waals surface area contributed by atoms with Gasteiger partial charge < -0.3 is 18.9 Å². The van der Waals surface area contributed by atoms with E-state index >= 15 is 4.39 Å². The fourth-order valence-corrected chi connectivity index (χ4v) is 5.38. The van der Waals surface area contributed by atoms with Crippen LogP contribution in [0.5, 0.6) is 23.0 Å². The Kier molecular flexibility index (Phi) is 9.68. The lowest BCUT2D eigenvalue weighted by Gasteiger charge is -2.28. The van der Waals surface area contributed by atoms with E-state index in [0.717, 1.165) is 0 Å². The molecule has 1 aromatic heterocycles. The Labute approximate surface area is 224 Å². The second kappa shape index (κ2) is 12.5. The molecule has 0 radical (unpaired) electrons. The number of hydrogen-bond donors (Lipinski definition) is 0. The van der Waals surface area contributed by atoms with Gasteiger partial charge in [-0.15, -0.1) is 0 Å². The Morgan fingerprint density at radius 1 is 0.865 bits per heavy atom. The second-order valence-corrected chi connectivity index (χ2v) is 11.2. The van der Waals surface area contributed by atoms with Gasteiger partial charge in [0.25, 0.3) is 0 Å². The van der Waals surface area contributed by atoms with Crippen molar-refractivity contribution in [3.8, 4) is 23.0 Å². The molecule has 0 aliphatic heterocycles. The lowest BCUT2D eigenvalue weighted by atomic mass is 10.1. The van der Waals surface area contributed by atoms with Crippen molar-refractivity contribution in [1.82, 2.24) is 14.3 Å². The van der Waals surface area contributed by atoms with Gasteiger partial charge in [-0.2, -0.15) is 4.31 Å². The van der Waals surface area contributed by atoms with Gasteiger partial charge in [0.1, 0.15) is 28.2 Å². The first-order valence-corrected chi connectivity index (χ1v) is 13.5. The Morgan fingerprint density at radius 3 is 1.73 bits per heavy atom. The summed E-state index contributed by atoms with van der Waals surface area (Å²) < 4.78 is 66.4. The van der Waals surface area contributed by atoms with Crippen LogP contribution < -0.4 is 18.9 Å². The van der Waals surface area contributed by atoms with Crippen molar-refractivity contribution in [3.63, 3.8) is 0 Å². The number of methoxy groups -OCH3 is 4. The van der Waals surface area contributed by atoms with Crippen LogP contribution in [0, 0.1) is 0 Å². The van der Waals surface area contributed by atoms with Gasteiger partial charge in [0, 0.05) is 48.7 Å². The van der Waals surface area contributed by atoms with E-state index in [4.69, 9.17) is 18.9 Å². The van der Waals surface area contributed by atoms with Crippen LogP contribution in [0.1, 0.15) is 30.0 Å². The number of benzene rings is 2. The molecule has 0 fully saturated rings. The van der Waals surface area contributed by atoms with E-state index in [1.807, 2.05) is 0 Å². The number of nitrogens with zero attached hydrogens (tertiary/aromatic N) is 3. The molecule has 0 bridgehead atoms. The summed E-state index contributed by atoms with van der Waals surface area (Å²) in [6.45, 7) is 1.11. The van der Waals surface area contributed by atoms with E-state index in [-0.39, 0.29) is 18.9 Å². The molecule has 0 aliphatic rings. The normalized spacial score (nSPS) is 13.2. The molecule has 0 aliphatic carbocycles. The number of aromatic nitrogens is 2. The zero-order valence-corrected chi connectivity index (χ0v) is 23.5. The van der Waals surface area contributed by atoms with Gasteiger partial charge in [0.2, 0.25) is 10.0 Å². The summed E-state index contributed by atoms with van der Waals surface area (Å²) in [6, 6.07) is 10.1. The molecule has 2 aromatic carbocycles. The molecule has 3 aromatic rings. The van der Waals surface area contributed by atoms with Gasteiger partial charge in [0.15, 0.2) is 12.0 Å². The van der Waals surface area contributed by atoms with Crippen LogP contribution in [-0.2, 0) is 23.1 Å². The maximum absolute atomic E-state index is 15.5. The van der Waals surface area contributed by atoms with Crippen LogP contribution in [0.15, 0.2) is 53.3 Å². The van der Waals surface area contributed by atoms with Gasteiger partial charge >= 0.3 is 0 Å². The quantitative estimate of drug-likeness (QED) is 0.296. The standard InChI is InChI=1S/C25H29BrFN3O6S/c1-16(24(27)25-28-12-19(26)13-29-25)37(31,32)30(14-17-6-8-20(33-2)10-22(17)35-4)15-18-7-9-21(34-3)11-23(18)36-5/h6-13,16,24H,14-15H2,1-5H3. The smallest absolute Gasteiger partial charge is 0.220 e. The molecule has 0 saturated heterocycles. The molecular formula is C25H29BrFN3O6S. The Balaban J connectivity index is 2.04. The van der Waals surface area contributed by atoms with Gasteiger partial charge in [0.05, 0.1) is 32.9 Å². The van der Waals surface area contributed by atoms with Gasteiger partial charge in [-0.3, -0.25) is 0 Å². The predicted octanol–water partition coefficient (Wildman–Crippen LogP) is 4.70. The Morgan fingerprint density at radius 2 is 1.32 bits per heavy atom. The van der Waals surface area contributed by atoms with Gasteiger partial charge in [-0.05, 0) is 35.0 Å². The fourth-order valence-electron chi connectivity index (χ4n) is 3.64. The third-order valence-corrected chi connectivity index (χ3v) is 8.38. The monoisotopic (exact) mass is 597 g/mol. The lowest BCUT2D eigenvalue weighted by molar-refractivity contribution is 0.300. The summed E-state index contributed by atoms with van der Waals surface area (Å²) >= 11 is 3.20. The molecule has 200 valence electrons. The molecule has 0 amide bonds. The number of rotatable bonds is 12. The zero-order chi connectivity index (χ0) is 27.2. The zero-order valence-electron chi connectivity index (χ0n) is 21.1. The third kappa shape index (κ3) is 6.68. The SMILES string of the molecule is COc1ccc(CN(Cc2ccc(OC)cc2OC)S(=O)(=O)C(C)C(F)c2ncc(Br)cn2)c(OC)c1. The van der Waals surface area contributed by atoms with E-state index < -0.39 is 21.4 Å². The first-order chi connectivity index (χ1) is 17.6. The van der Waals surface area contributed by atoms with Crippen LogP contribution in [0.2, 0.25) is 0 Å². The maximum Gasteiger partial charge on any atom is 0.220 e. The minimum Gasteiger partial charge on any atom is -0.497 e. The summed E-state index contributed by atoms with van der Waals surface area (Å²) in [5.74, 6) is 1.75. The molecule has 3 rings (SSSR count). The van der Waals surface area contributed by atoms with Crippen LogP contribution in [0.3, 0.4) is 0 Å². The minimum atomic E-state index is -4.24. The summed E-state index contributed by atoms with van der Waals surface area (Å²) in [7, 11) is 1.76. The van der Waals surface area contributed by atoms with Crippen molar-refractivity contribution in [3.05, 3.63) is 70.2 Å². The van der Waals surface area contributed by atoms with E-state index in [1.165, 1.54) is 52.1 Å². The average molecular weight is 598 g/mol. The highest BCUT2D eigenvalue weighted by Gasteiger charge is 2.38. The molecule has 2 atom stereocenters. The molecule has 37 heavy (non-hydrogen) atoms. The van der Waals surface area contributed by atoms with E-state index in [0.29, 0.717) is 38.6 Å². The van der Waals surface area contributed by atoms with Crippen molar-refractivity contribution in [1.29, 1.82) is 0 Å². The molecule has 2 unspecified atom stereocenters. The predicted molar refractivity (Wildman–Crippen MR) is 140 cm³/mol. The van der Waals surface area contributed by atoms with Crippen LogP contribution in [-0.4, -0.2) is 56.4 Å². The molecular weight excluding hydrogens is 569 g/mol. The molecule has 9 nitrogen and oxygen atoms in total. The highest BCUT2D eigenvalue weighted by atomic mass is 79.9. The number of halogens is 2. The van der Waals surface area contributed by atoms with Crippen LogP contribution >= 0.6 is 15.9 Å². The number of hydrogen-bond acceptors (Lipinski definition) is 8. The molecule has 0 N–H and O–H groups in total. The van der Waals surface area contributed by atoms with Crippen molar-refractivity contribution < 1.29 is 31.8 Å². The lowest BCUT2D eigenvalue weighted by Crippen LogP contribution is -2.39. The highest BCUT2D eigenvalue weighted by Crippen LogP contribution is 2.33. The molecule has 0 saturated carbocycles. The van der Waals surface area contributed by atoms with Gasteiger partial charge in [-0.25, -0.2) is 22.8 Å². The number of alkyl halides is 1. The summed E-state index contributed by atoms with van der Waals surface area (Å²) in [4.78, 5) is 7.90. The summed E-state index contributed by atoms with van der Waals surface area (Å²) in [5.41, 5.74) is 1.14. The van der Waals surface area contributed by atoms with Crippen LogP contribution in [0.4, 0.5) is 4.39 Å². The molecule has 1 heterocycles. The Bertz CT molecular complexity index is 1250. The number of ether oxygens (including phenoxy) is 4. The highest BCUT2D eigenvalue weighted by molar-refractivity contribution is 9.10. The molecule has 12 heteroatoms. The second-order valence-electron chi connectivity index (χ2n) is 8.03. The largest absolute Gasteiger partial charge is 0.497 e. The van der Waals surface area contributed by atoms with E-state index in [2.05, 4.69) is 25.9 Å². The maximum atomic E-state index is 15.5. The van der Waals surface area contributed by atoms with E-state index in [9.17, 15) is 8.42 Å². The fraction of sp³-hybridized carbons (Fsp3) is 0.360. The van der Waals surface area contributed by atoms with E-state index in [1.54, 1.807) is 36.4 Å².